The summed E-state index contributed by atoms with van der Waals surface area (Å²) in [7, 11) is 1.39. The second kappa shape index (κ2) is 5.25. The molecule has 0 saturated heterocycles. The highest BCUT2D eigenvalue weighted by Crippen LogP contribution is 2.31. The largest absolute Gasteiger partial charge is 0.465 e. The van der Waals surface area contributed by atoms with Gasteiger partial charge < -0.3 is 15.4 Å². The third-order valence-electron chi connectivity index (χ3n) is 3.49. The van der Waals surface area contributed by atoms with E-state index in [0.29, 0.717) is 5.56 Å². The molecular formula is C16H16N2O2. The van der Waals surface area contributed by atoms with Crippen LogP contribution in [0.25, 0.3) is 0 Å². The van der Waals surface area contributed by atoms with Gasteiger partial charge in [0.05, 0.1) is 30.1 Å². The van der Waals surface area contributed by atoms with Crippen LogP contribution in [0.1, 0.15) is 22.0 Å². The van der Waals surface area contributed by atoms with Gasteiger partial charge in [-0.1, -0.05) is 24.3 Å². The minimum atomic E-state index is -0.309. The number of esters is 1. The van der Waals surface area contributed by atoms with Crippen molar-refractivity contribution >= 4 is 17.3 Å². The van der Waals surface area contributed by atoms with Gasteiger partial charge in [-0.05, 0) is 29.8 Å². The monoisotopic (exact) mass is 268 g/mol. The van der Waals surface area contributed by atoms with Gasteiger partial charge in [0.2, 0.25) is 0 Å². The van der Waals surface area contributed by atoms with Crippen molar-refractivity contribution in [3.8, 4) is 0 Å². The molecule has 0 amide bonds. The van der Waals surface area contributed by atoms with E-state index in [-0.39, 0.29) is 12.0 Å². The van der Waals surface area contributed by atoms with Crippen molar-refractivity contribution in [1.82, 2.24) is 0 Å². The standard InChI is InChI=1S/C16H16N2O2/c1-20-16(19)12-8-6-11(7-9-12)15-10-17-13-4-2-3-5-14(13)18-15/h2-9,15,17-18H,10H2,1H3/t15-/m1/s1. The molecule has 0 saturated carbocycles. The molecule has 0 unspecified atom stereocenters. The number of fused-ring (bicyclic) bond motifs is 1. The molecule has 102 valence electrons. The highest BCUT2D eigenvalue weighted by Gasteiger charge is 2.18. The molecule has 3 rings (SSSR count). The lowest BCUT2D eigenvalue weighted by atomic mass is 10.0. The fourth-order valence-corrected chi connectivity index (χ4v) is 2.38. The second-order valence-corrected chi connectivity index (χ2v) is 4.74. The van der Waals surface area contributed by atoms with Crippen LogP contribution in [0.15, 0.2) is 48.5 Å². The minimum absolute atomic E-state index is 0.191. The Labute approximate surface area is 117 Å². The number of ether oxygens (including phenoxy) is 1. The van der Waals surface area contributed by atoms with Crippen LogP contribution in [0.3, 0.4) is 0 Å². The van der Waals surface area contributed by atoms with Crippen molar-refractivity contribution < 1.29 is 9.53 Å². The van der Waals surface area contributed by atoms with Crippen molar-refractivity contribution in [1.29, 1.82) is 0 Å². The Balaban J connectivity index is 1.79. The Morgan fingerprint density at radius 2 is 1.80 bits per heavy atom. The van der Waals surface area contributed by atoms with Crippen molar-refractivity contribution in [2.24, 2.45) is 0 Å². The molecule has 0 spiro atoms. The van der Waals surface area contributed by atoms with Crippen LogP contribution in [0.4, 0.5) is 11.4 Å². The van der Waals surface area contributed by atoms with Crippen LogP contribution in [0, 0.1) is 0 Å². The Morgan fingerprint density at radius 1 is 1.10 bits per heavy atom. The average molecular weight is 268 g/mol. The number of nitrogens with one attached hydrogen (secondary N) is 2. The van der Waals surface area contributed by atoms with E-state index < -0.39 is 0 Å². The molecular weight excluding hydrogens is 252 g/mol. The van der Waals surface area contributed by atoms with Crippen molar-refractivity contribution in [2.75, 3.05) is 24.3 Å². The van der Waals surface area contributed by atoms with E-state index >= 15 is 0 Å². The second-order valence-electron chi connectivity index (χ2n) is 4.74. The van der Waals surface area contributed by atoms with E-state index in [0.717, 1.165) is 23.5 Å². The van der Waals surface area contributed by atoms with Crippen molar-refractivity contribution in [2.45, 2.75) is 6.04 Å². The lowest BCUT2D eigenvalue weighted by molar-refractivity contribution is 0.0600. The third kappa shape index (κ3) is 2.32. The van der Waals surface area contributed by atoms with Crippen LogP contribution in [-0.2, 0) is 4.74 Å². The van der Waals surface area contributed by atoms with Crippen LogP contribution in [0.2, 0.25) is 0 Å². The van der Waals surface area contributed by atoms with Crippen LogP contribution < -0.4 is 10.6 Å². The number of hydrogen-bond donors (Lipinski definition) is 2. The van der Waals surface area contributed by atoms with Gasteiger partial charge in [-0.2, -0.15) is 0 Å². The number of carbonyl (C=O) groups excluding carboxylic acids is 1. The Morgan fingerprint density at radius 3 is 2.50 bits per heavy atom. The number of benzene rings is 2. The summed E-state index contributed by atoms with van der Waals surface area (Å²) < 4.78 is 4.70. The molecule has 0 aromatic heterocycles. The Hall–Kier alpha value is -2.49. The fraction of sp³-hybridized carbons (Fsp3) is 0.188. The summed E-state index contributed by atoms with van der Waals surface area (Å²) in [4.78, 5) is 11.4. The SMILES string of the molecule is COC(=O)c1ccc([C@H]2CNc3ccccc3N2)cc1. The molecule has 0 bridgehead atoms. The Kier molecular flexibility index (Phi) is 3.29. The maximum Gasteiger partial charge on any atom is 0.337 e. The molecule has 0 aliphatic carbocycles. The summed E-state index contributed by atoms with van der Waals surface area (Å²) in [5.74, 6) is -0.309. The van der Waals surface area contributed by atoms with Crippen LogP contribution >= 0.6 is 0 Å². The third-order valence-corrected chi connectivity index (χ3v) is 3.49. The summed E-state index contributed by atoms with van der Waals surface area (Å²) in [5.41, 5.74) is 3.93. The normalized spacial score (nSPS) is 16.6. The first kappa shape index (κ1) is 12.5. The predicted molar refractivity (Wildman–Crippen MR) is 79.1 cm³/mol. The summed E-state index contributed by atoms with van der Waals surface area (Å²) in [6.45, 7) is 0.814. The van der Waals surface area contributed by atoms with Gasteiger partial charge in [-0.3, -0.25) is 0 Å². The molecule has 2 aromatic rings. The molecule has 0 radical (unpaired) electrons. The fourth-order valence-electron chi connectivity index (χ4n) is 2.38. The number of methoxy groups -OCH3 is 1. The highest BCUT2D eigenvalue weighted by molar-refractivity contribution is 5.89. The number of para-hydroxylation sites is 2. The van der Waals surface area contributed by atoms with E-state index in [1.165, 1.54) is 7.11 Å². The van der Waals surface area contributed by atoms with E-state index in [4.69, 9.17) is 4.74 Å². The summed E-state index contributed by atoms with van der Waals surface area (Å²) in [6.07, 6.45) is 0. The van der Waals surface area contributed by atoms with Gasteiger partial charge in [-0.25, -0.2) is 4.79 Å². The van der Waals surface area contributed by atoms with E-state index in [9.17, 15) is 4.79 Å². The van der Waals surface area contributed by atoms with Crippen molar-refractivity contribution in [3.63, 3.8) is 0 Å². The van der Waals surface area contributed by atoms with Gasteiger partial charge in [0.25, 0.3) is 0 Å². The number of hydrogen-bond acceptors (Lipinski definition) is 4. The summed E-state index contributed by atoms with van der Waals surface area (Å²) in [6, 6.07) is 15.8. The molecule has 2 aromatic carbocycles. The minimum Gasteiger partial charge on any atom is -0.465 e. The lowest BCUT2D eigenvalue weighted by Gasteiger charge is -2.28. The quantitative estimate of drug-likeness (QED) is 0.822. The molecule has 20 heavy (non-hydrogen) atoms. The van der Waals surface area contributed by atoms with Crippen molar-refractivity contribution in [3.05, 3.63) is 59.7 Å². The van der Waals surface area contributed by atoms with E-state index in [2.05, 4.69) is 22.8 Å². The zero-order chi connectivity index (χ0) is 13.9. The first-order valence-corrected chi connectivity index (χ1v) is 6.55. The van der Waals surface area contributed by atoms with Crippen LogP contribution in [-0.4, -0.2) is 19.6 Å². The zero-order valence-electron chi connectivity index (χ0n) is 11.2. The molecule has 1 aliphatic heterocycles. The molecule has 1 aliphatic rings. The molecule has 0 fully saturated rings. The summed E-state index contributed by atoms with van der Waals surface area (Å²) >= 11 is 0. The van der Waals surface area contributed by atoms with Gasteiger partial charge in [0.1, 0.15) is 0 Å². The molecule has 1 atom stereocenters. The molecule has 4 nitrogen and oxygen atoms in total. The van der Waals surface area contributed by atoms with Crippen LogP contribution in [0.5, 0.6) is 0 Å². The predicted octanol–water partition coefficient (Wildman–Crippen LogP) is 3.05. The Bertz CT molecular complexity index is 623. The van der Waals surface area contributed by atoms with Gasteiger partial charge in [0.15, 0.2) is 0 Å². The average Bonchev–Trinajstić information content (AvgIpc) is 2.54. The maximum absolute atomic E-state index is 11.4. The molecule has 4 heteroatoms. The maximum atomic E-state index is 11.4. The smallest absolute Gasteiger partial charge is 0.337 e. The number of anilines is 2. The first-order chi connectivity index (χ1) is 9.78. The lowest BCUT2D eigenvalue weighted by Crippen LogP contribution is -2.25. The zero-order valence-corrected chi connectivity index (χ0v) is 11.2. The van der Waals surface area contributed by atoms with Gasteiger partial charge in [0, 0.05) is 6.54 Å². The molecule has 1 heterocycles. The van der Waals surface area contributed by atoms with Gasteiger partial charge in [-0.15, -0.1) is 0 Å². The molecule has 2 N–H and O–H groups in total. The van der Waals surface area contributed by atoms with E-state index in [1.807, 2.05) is 24.3 Å². The van der Waals surface area contributed by atoms with Gasteiger partial charge >= 0.3 is 5.97 Å². The topological polar surface area (TPSA) is 50.4 Å². The highest BCUT2D eigenvalue weighted by atomic mass is 16.5. The first-order valence-electron chi connectivity index (χ1n) is 6.55. The summed E-state index contributed by atoms with van der Waals surface area (Å²) in [5, 5.41) is 6.90. The van der Waals surface area contributed by atoms with E-state index in [1.54, 1.807) is 12.1 Å². The number of carbonyl (C=O) groups is 1. The number of rotatable bonds is 2.